The molecule has 2 aromatic carbocycles. The summed E-state index contributed by atoms with van der Waals surface area (Å²) in [4.78, 5) is 19.5. The molecular formula is C16H10N4OS. The van der Waals surface area contributed by atoms with Crippen molar-refractivity contribution in [2.45, 2.75) is 0 Å². The quantitative estimate of drug-likeness (QED) is 0.617. The molecule has 0 bridgehead atoms. The van der Waals surface area contributed by atoms with Gasteiger partial charge in [0, 0.05) is 16.5 Å². The van der Waals surface area contributed by atoms with Gasteiger partial charge in [-0.1, -0.05) is 40.9 Å². The van der Waals surface area contributed by atoms with Crippen molar-refractivity contribution in [3.05, 3.63) is 64.3 Å². The van der Waals surface area contributed by atoms with Crippen molar-refractivity contribution in [1.82, 2.24) is 19.6 Å². The highest BCUT2D eigenvalue weighted by molar-refractivity contribution is 7.03. The molecule has 0 fully saturated rings. The topological polar surface area (TPSA) is 71.5 Å². The average Bonchev–Trinajstić information content (AvgIpc) is 3.09. The summed E-state index contributed by atoms with van der Waals surface area (Å²) in [6, 6.07) is 15.0. The number of nitrogens with one attached hydrogen (secondary N) is 1. The van der Waals surface area contributed by atoms with Crippen molar-refractivity contribution < 1.29 is 0 Å². The molecule has 0 aliphatic heterocycles. The second kappa shape index (κ2) is 5.16. The van der Waals surface area contributed by atoms with Crippen LogP contribution in [0.1, 0.15) is 0 Å². The Morgan fingerprint density at radius 2 is 1.73 bits per heavy atom. The van der Waals surface area contributed by atoms with Gasteiger partial charge in [0.1, 0.15) is 11.5 Å². The maximum atomic E-state index is 12.1. The molecule has 106 valence electrons. The second-order valence-corrected chi connectivity index (χ2v) is 5.41. The van der Waals surface area contributed by atoms with Crippen LogP contribution >= 0.6 is 11.5 Å². The SMILES string of the molecule is O=c1[nH]c(-c2ccc(-c3csnn3)cc2)nc2ccccc12. The van der Waals surface area contributed by atoms with E-state index in [9.17, 15) is 4.79 Å². The fourth-order valence-corrected chi connectivity index (χ4v) is 2.78. The molecule has 0 atom stereocenters. The largest absolute Gasteiger partial charge is 0.306 e. The molecule has 4 aromatic rings. The molecule has 0 radical (unpaired) electrons. The third kappa shape index (κ3) is 2.19. The number of H-pyrrole nitrogens is 1. The Bertz CT molecular complexity index is 991. The minimum Gasteiger partial charge on any atom is -0.306 e. The van der Waals surface area contributed by atoms with E-state index in [1.54, 1.807) is 6.07 Å². The lowest BCUT2D eigenvalue weighted by Gasteiger charge is -2.04. The first-order valence-corrected chi connectivity index (χ1v) is 7.52. The lowest BCUT2D eigenvalue weighted by Crippen LogP contribution is -2.09. The molecule has 0 saturated heterocycles. The molecule has 0 spiro atoms. The first-order chi connectivity index (χ1) is 10.8. The van der Waals surface area contributed by atoms with E-state index in [0.29, 0.717) is 16.7 Å². The van der Waals surface area contributed by atoms with E-state index in [1.807, 2.05) is 47.8 Å². The smallest absolute Gasteiger partial charge is 0.259 e. The van der Waals surface area contributed by atoms with Gasteiger partial charge in [-0.2, -0.15) is 0 Å². The number of aromatic nitrogens is 4. The van der Waals surface area contributed by atoms with E-state index in [-0.39, 0.29) is 5.56 Å². The molecule has 6 heteroatoms. The predicted molar refractivity (Wildman–Crippen MR) is 86.7 cm³/mol. The van der Waals surface area contributed by atoms with Crippen molar-refractivity contribution >= 4 is 22.4 Å². The lowest BCUT2D eigenvalue weighted by atomic mass is 10.1. The van der Waals surface area contributed by atoms with Gasteiger partial charge in [0.05, 0.1) is 10.9 Å². The molecule has 0 amide bonds. The number of para-hydroxylation sites is 1. The Morgan fingerprint density at radius 3 is 2.50 bits per heavy atom. The van der Waals surface area contributed by atoms with Crippen molar-refractivity contribution in [3.63, 3.8) is 0 Å². The summed E-state index contributed by atoms with van der Waals surface area (Å²) in [7, 11) is 0. The van der Waals surface area contributed by atoms with Gasteiger partial charge < -0.3 is 4.98 Å². The minimum absolute atomic E-state index is 0.131. The van der Waals surface area contributed by atoms with Gasteiger partial charge in [-0.25, -0.2) is 4.98 Å². The van der Waals surface area contributed by atoms with E-state index < -0.39 is 0 Å². The Hall–Kier alpha value is -2.86. The Balaban J connectivity index is 1.80. The summed E-state index contributed by atoms with van der Waals surface area (Å²) >= 11 is 1.32. The van der Waals surface area contributed by atoms with E-state index in [1.165, 1.54) is 11.5 Å². The molecule has 2 aromatic heterocycles. The van der Waals surface area contributed by atoms with Gasteiger partial charge in [-0.15, -0.1) is 5.10 Å². The summed E-state index contributed by atoms with van der Waals surface area (Å²) in [5.41, 5.74) is 3.24. The van der Waals surface area contributed by atoms with Crippen LogP contribution in [0.15, 0.2) is 58.7 Å². The van der Waals surface area contributed by atoms with Gasteiger partial charge in [-0.05, 0) is 23.7 Å². The zero-order valence-electron chi connectivity index (χ0n) is 11.4. The van der Waals surface area contributed by atoms with Crippen molar-refractivity contribution in [2.75, 3.05) is 0 Å². The highest BCUT2D eigenvalue weighted by atomic mass is 32.1. The summed E-state index contributed by atoms with van der Waals surface area (Å²) in [6.07, 6.45) is 0. The molecule has 0 saturated carbocycles. The van der Waals surface area contributed by atoms with Crippen molar-refractivity contribution in [2.24, 2.45) is 0 Å². The third-order valence-corrected chi connectivity index (χ3v) is 3.93. The van der Waals surface area contributed by atoms with Gasteiger partial charge in [-0.3, -0.25) is 4.79 Å². The Morgan fingerprint density at radius 1 is 0.955 bits per heavy atom. The fourth-order valence-electron chi connectivity index (χ4n) is 2.31. The molecular weight excluding hydrogens is 296 g/mol. The number of hydrogen-bond acceptors (Lipinski definition) is 5. The number of rotatable bonds is 2. The second-order valence-electron chi connectivity index (χ2n) is 4.80. The predicted octanol–water partition coefficient (Wildman–Crippen LogP) is 3.11. The lowest BCUT2D eigenvalue weighted by molar-refractivity contribution is 1.16. The third-order valence-electron chi connectivity index (χ3n) is 3.43. The van der Waals surface area contributed by atoms with Gasteiger partial charge >= 0.3 is 0 Å². The van der Waals surface area contributed by atoms with E-state index in [4.69, 9.17) is 0 Å². The van der Waals surface area contributed by atoms with E-state index >= 15 is 0 Å². The summed E-state index contributed by atoms with van der Waals surface area (Å²) < 4.78 is 3.86. The number of benzene rings is 2. The van der Waals surface area contributed by atoms with Crippen LogP contribution in [0.5, 0.6) is 0 Å². The maximum Gasteiger partial charge on any atom is 0.259 e. The van der Waals surface area contributed by atoms with Crippen molar-refractivity contribution in [3.8, 4) is 22.6 Å². The summed E-state index contributed by atoms with van der Waals surface area (Å²) in [5, 5.41) is 6.53. The van der Waals surface area contributed by atoms with Crippen LogP contribution in [-0.2, 0) is 0 Å². The van der Waals surface area contributed by atoms with Crippen LogP contribution in [0.2, 0.25) is 0 Å². The first kappa shape index (κ1) is 12.8. The number of aromatic amines is 1. The molecule has 0 aliphatic rings. The Kier molecular flexibility index (Phi) is 3.01. The molecule has 22 heavy (non-hydrogen) atoms. The molecule has 2 heterocycles. The van der Waals surface area contributed by atoms with Gasteiger partial charge in [0.15, 0.2) is 0 Å². The molecule has 5 nitrogen and oxygen atoms in total. The highest BCUT2D eigenvalue weighted by Gasteiger charge is 2.06. The van der Waals surface area contributed by atoms with E-state index in [0.717, 1.165) is 16.8 Å². The van der Waals surface area contributed by atoms with Crippen LogP contribution in [0.25, 0.3) is 33.5 Å². The normalized spacial score (nSPS) is 10.9. The van der Waals surface area contributed by atoms with Crippen LogP contribution in [0, 0.1) is 0 Å². The van der Waals surface area contributed by atoms with Crippen molar-refractivity contribution in [1.29, 1.82) is 0 Å². The molecule has 4 rings (SSSR count). The number of fused-ring (bicyclic) bond motifs is 1. The van der Waals surface area contributed by atoms with Crippen LogP contribution in [0.3, 0.4) is 0 Å². The first-order valence-electron chi connectivity index (χ1n) is 6.68. The Labute approximate surface area is 129 Å². The van der Waals surface area contributed by atoms with Crippen LogP contribution in [-0.4, -0.2) is 19.6 Å². The number of nitrogens with zero attached hydrogens (tertiary/aromatic N) is 3. The summed E-state index contributed by atoms with van der Waals surface area (Å²) in [6.45, 7) is 0. The van der Waals surface area contributed by atoms with Gasteiger partial charge in [0.25, 0.3) is 5.56 Å². The number of hydrogen-bond donors (Lipinski definition) is 1. The molecule has 0 aliphatic carbocycles. The zero-order valence-corrected chi connectivity index (χ0v) is 12.2. The van der Waals surface area contributed by atoms with Crippen LogP contribution in [0.4, 0.5) is 0 Å². The summed E-state index contributed by atoms with van der Waals surface area (Å²) in [5.74, 6) is 0.562. The minimum atomic E-state index is -0.131. The average molecular weight is 306 g/mol. The maximum absolute atomic E-state index is 12.1. The zero-order chi connectivity index (χ0) is 14.9. The molecule has 1 N–H and O–H groups in total. The highest BCUT2D eigenvalue weighted by Crippen LogP contribution is 2.22. The van der Waals surface area contributed by atoms with Gasteiger partial charge in [0.2, 0.25) is 0 Å². The standard InChI is InChI=1S/C16H10N4OS/c21-16-12-3-1-2-4-13(12)17-15(18-16)11-7-5-10(6-8-11)14-9-22-20-19-14/h1-9H,(H,17,18,21). The van der Waals surface area contributed by atoms with Crippen LogP contribution < -0.4 is 5.56 Å². The fraction of sp³-hybridized carbons (Fsp3) is 0. The monoisotopic (exact) mass is 306 g/mol. The molecule has 0 unspecified atom stereocenters. The van der Waals surface area contributed by atoms with E-state index in [2.05, 4.69) is 19.6 Å².